The van der Waals surface area contributed by atoms with Gasteiger partial charge in [0.2, 0.25) is 0 Å². The van der Waals surface area contributed by atoms with Crippen LogP contribution < -0.4 is 11.1 Å². The van der Waals surface area contributed by atoms with Crippen molar-refractivity contribution in [2.24, 2.45) is 7.05 Å². The van der Waals surface area contributed by atoms with Crippen LogP contribution in [0.2, 0.25) is 0 Å². The molecular formula is C14H15N5OS. The normalized spacial score (nSPS) is 11.0. The molecule has 0 atom stereocenters. The van der Waals surface area contributed by atoms with Crippen molar-refractivity contribution in [1.29, 1.82) is 0 Å². The third kappa shape index (κ3) is 2.47. The van der Waals surface area contributed by atoms with Crippen LogP contribution >= 0.6 is 11.3 Å². The molecule has 108 valence electrons. The number of hydrogen-bond donors (Lipinski definition) is 2. The number of nitrogens with two attached hydrogens (primary N) is 1. The third-order valence-electron chi connectivity index (χ3n) is 3.29. The van der Waals surface area contributed by atoms with Gasteiger partial charge in [-0.05, 0) is 13.0 Å². The monoisotopic (exact) mass is 301 g/mol. The fraction of sp³-hybridized carbons (Fsp3) is 0.214. The molecule has 0 unspecified atom stereocenters. The first-order valence-electron chi connectivity index (χ1n) is 6.45. The molecule has 3 aromatic heterocycles. The summed E-state index contributed by atoms with van der Waals surface area (Å²) in [6, 6.07) is 1.82. The highest BCUT2D eigenvalue weighted by atomic mass is 32.1. The number of thiophene rings is 1. The Morgan fingerprint density at radius 1 is 1.52 bits per heavy atom. The van der Waals surface area contributed by atoms with Gasteiger partial charge in [0.25, 0.3) is 5.91 Å². The van der Waals surface area contributed by atoms with Gasteiger partial charge in [-0.25, -0.2) is 0 Å². The number of nitrogen functional groups attached to an aromatic ring is 1. The van der Waals surface area contributed by atoms with Crippen molar-refractivity contribution < 1.29 is 4.79 Å². The van der Waals surface area contributed by atoms with E-state index in [0.717, 1.165) is 21.3 Å². The molecule has 0 aliphatic heterocycles. The Hall–Kier alpha value is -2.41. The van der Waals surface area contributed by atoms with Crippen LogP contribution in [-0.2, 0) is 13.6 Å². The Balaban J connectivity index is 1.81. The molecule has 1 amide bonds. The van der Waals surface area contributed by atoms with Crippen LogP contribution in [0.25, 0.3) is 10.1 Å². The zero-order valence-electron chi connectivity index (χ0n) is 11.8. The number of fused-ring (bicyclic) bond motifs is 1. The van der Waals surface area contributed by atoms with E-state index < -0.39 is 0 Å². The Labute approximate surface area is 125 Å². The number of hydrogen-bond acceptors (Lipinski definition) is 5. The van der Waals surface area contributed by atoms with Gasteiger partial charge in [-0.3, -0.25) is 14.5 Å². The number of anilines is 1. The molecular weight excluding hydrogens is 286 g/mol. The number of carbonyl (C=O) groups excluding carboxylic acids is 1. The number of aryl methyl sites for hydroxylation is 2. The van der Waals surface area contributed by atoms with Gasteiger partial charge in [-0.15, -0.1) is 11.3 Å². The fourth-order valence-electron chi connectivity index (χ4n) is 2.22. The molecule has 0 radical (unpaired) electrons. The summed E-state index contributed by atoms with van der Waals surface area (Å²) in [7, 11) is 1.86. The maximum Gasteiger partial charge on any atom is 0.263 e. The van der Waals surface area contributed by atoms with E-state index >= 15 is 0 Å². The lowest BCUT2D eigenvalue weighted by atomic mass is 10.2. The molecule has 3 aromatic rings. The highest BCUT2D eigenvalue weighted by Crippen LogP contribution is 2.32. The molecule has 6 nitrogen and oxygen atoms in total. The summed E-state index contributed by atoms with van der Waals surface area (Å²) in [6.45, 7) is 2.35. The van der Waals surface area contributed by atoms with Crippen LogP contribution in [0.4, 0.5) is 5.69 Å². The number of nitrogens with one attached hydrogen (secondary N) is 1. The zero-order valence-corrected chi connectivity index (χ0v) is 12.6. The molecule has 3 N–H and O–H groups in total. The summed E-state index contributed by atoms with van der Waals surface area (Å²) in [6.07, 6.45) is 5.29. The highest BCUT2D eigenvalue weighted by molar-refractivity contribution is 7.21. The van der Waals surface area contributed by atoms with Crippen molar-refractivity contribution >= 4 is 33.0 Å². The molecule has 21 heavy (non-hydrogen) atoms. The first kappa shape index (κ1) is 13.6. The molecule has 0 aromatic carbocycles. The van der Waals surface area contributed by atoms with Gasteiger partial charge in [-0.2, -0.15) is 5.10 Å². The average molecular weight is 301 g/mol. The SMILES string of the molecule is Cc1nn(C)cc1CNC(=O)c1sc2cnccc2c1N. The third-order valence-corrected chi connectivity index (χ3v) is 4.45. The Kier molecular flexibility index (Phi) is 3.34. The smallest absolute Gasteiger partial charge is 0.263 e. The molecule has 0 aliphatic rings. The van der Waals surface area contributed by atoms with Gasteiger partial charge in [0, 0.05) is 43.1 Å². The van der Waals surface area contributed by atoms with Gasteiger partial charge in [-0.1, -0.05) is 0 Å². The van der Waals surface area contributed by atoms with Gasteiger partial charge in [0.15, 0.2) is 0 Å². The average Bonchev–Trinajstić information content (AvgIpc) is 2.97. The lowest BCUT2D eigenvalue weighted by molar-refractivity contribution is 0.0956. The lowest BCUT2D eigenvalue weighted by Gasteiger charge is -2.03. The van der Waals surface area contributed by atoms with E-state index in [1.54, 1.807) is 17.1 Å². The number of pyridine rings is 1. The molecule has 7 heteroatoms. The van der Waals surface area contributed by atoms with E-state index in [9.17, 15) is 4.79 Å². The highest BCUT2D eigenvalue weighted by Gasteiger charge is 2.16. The minimum absolute atomic E-state index is 0.169. The Morgan fingerprint density at radius 3 is 3.00 bits per heavy atom. The minimum Gasteiger partial charge on any atom is -0.397 e. The molecule has 3 heterocycles. The van der Waals surface area contributed by atoms with Crippen molar-refractivity contribution in [1.82, 2.24) is 20.1 Å². The van der Waals surface area contributed by atoms with E-state index in [1.165, 1.54) is 11.3 Å². The quantitative estimate of drug-likeness (QED) is 0.773. The second-order valence-corrected chi connectivity index (χ2v) is 5.86. The van der Waals surface area contributed by atoms with Crippen LogP contribution in [0.5, 0.6) is 0 Å². The molecule has 0 saturated carbocycles. The zero-order chi connectivity index (χ0) is 15.0. The van der Waals surface area contributed by atoms with Crippen LogP contribution in [0.15, 0.2) is 24.7 Å². The second-order valence-electron chi connectivity index (χ2n) is 4.81. The summed E-state index contributed by atoms with van der Waals surface area (Å²) < 4.78 is 2.65. The largest absolute Gasteiger partial charge is 0.397 e. The predicted octanol–water partition coefficient (Wildman–Crippen LogP) is 1.85. The summed E-state index contributed by atoms with van der Waals surface area (Å²) in [5, 5.41) is 8.01. The maximum atomic E-state index is 12.3. The molecule has 0 aliphatic carbocycles. The van der Waals surface area contributed by atoms with E-state index in [1.807, 2.05) is 26.2 Å². The molecule has 0 bridgehead atoms. The number of rotatable bonds is 3. The van der Waals surface area contributed by atoms with Crippen LogP contribution in [0.1, 0.15) is 20.9 Å². The first-order chi connectivity index (χ1) is 10.1. The second kappa shape index (κ2) is 5.17. The van der Waals surface area contributed by atoms with Crippen molar-refractivity contribution in [3.05, 3.63) is 40.8 Å². The topological polar surface area (TPSA) is 85.8 Å². The fourth-order valence-corrected chi connectivity index (χ4v) is 3.22. The van der Waals surface area contributed by atoms with Crippen LogP contribution in [0.3, 0.4) is 0 Å². The van der Waals surface area contributed by atoms with Gasteiger partial charge in [0.1, 0.15) is 4.88 Å². The summed E-state index contributed by atoms with van der Waals surface area (Å²) in [5.74, 6) is -0.169. The van der Waals surface area contributed by atoms with Crippen molar-refractivity contribution in [3.8, 4) is 0 Å². The summed E-state index contributed by atoms with van der Waals surface area (Å²) in [4.78, 5) is 16.9. The van der Waals surface area contributed by atoms with Crippen molar-refractivity contribution in [2.45, 2.75) is 13.5 Å². The number of aromatic nitrogens is 3. The van der Waals surface area contributed by atoms with Crippen LogP contribution in [0, 0.1) is 6.92 Å². The van der Waals surface area contributed by atoms with Gasteiger partial charge in [0.05, 0.1) is 16.1 Å². The van der Waals surface area contributed by atoms with E-state index in [0.29, 0.717) is 17.1 Å². The van der Waals surface area contributed by atoms with Gasteiger partial charge < -0.3 is 11.1 Å². The van der Waals surface area contributed by atoms with E-state index in [-0.39, 0.29) is 5.91 Å². The molecule has 3 rings (SSSR count). The minimum atomic E-state index is -0.169. The number of amides is 1. The van der Waals surface area contributed by atoms with Crippen LogP contribution in [-0.4, -0.2) is 20.7 Å². The summed E-state index contributed by atoms with van der Waals surface area (Å²) in [5.41, 5.74) is 8.46. The predicted molar refractivity (Wildman–Crippen MR) is 83.1 cm³/mol. The maximum absolute atomic E-state index is 12.3. The number of carbonyl (C=O) groups is 1. The Morgan fingerprint density at radius 2 is 2.33 bits per heavy atom. The number of nitrogens with zero attached hydrogens (tertiary/aromatic N) is 3. The molecule has 0 spiro atoms. The van der Waals surface area contributed by atoms with E-state index in [2.05, 4.69) is 15.4 Å². The van der Waals surface area contributed by atoms with Crippen molar-refractivity contribution in [2.75, 3.05) is 5.73 Å². The summed E-state index contributed by atoms with van der Waals surface area (Å²) >= 11 is 1.36. The Bertz CT molecular complexity index is 820. The standard InChI is InChI=1S/C14H15N5OS/c1-8-9(7-19(2)18-8)5-17-14(20)13-12(15)10-3-4-16-6-11(10)21-13/h3-4,6-7H,5,15H2,1-2H3,(H,17,20). The van der Waals surface area contributed by atoms with Crippen molar-refractivity contribution in [3.63, 3.8) is 0 Å². The first-order valence-corrected chi connectivity index (χ1v) is 7.27. The molecule has 0 fully saturated rings. The van der Waals surface area contributed by atoms with Gasteiger partial charge >= 0.3 is 0 Å². The van der Waals surface area contributed by atoms with E-state index in [4.69, 9.17) is 5.73 Å². The molecule has 0 saturated heterocycles. The lowest BCUT2D eigenvalue weighted by Crippen LogP contribution is -2.22.